The van der Waals surface area contributed by atoms with Crippen molar-refractivity contribution in [1.82, 2.24) is 5.32 Å². The average molecular weight is 361 g/mol. The van der Waals surface area contributed by atoms with Crippen LogP contribution in [0.1, 0.15) is 36.1 Å². The molecule has 0 fully saturated rings. The molecule has 5 heteroatoms. The Morgan fingerprint density at radius 1 is 1.28 bits per heavy atom. The Kier molecular flexibility index (Phi) is 7.31. The van der Waals surface area contributed by atoms with Gasteiger partial charge in [0, 0.05) is 5.75 Å². The molecule has 2 rings (SSSR count). The van der Waals surface area contributed by atoms with Gasteiger partial charge in [-0.15, -0.1) is 11.8 Å². The van der Waals surface area contributed by atoms with E-state index in [2.05, 4.69) is 5.32 Å². The minimum Gasteiger partial charge on any atom is -0.496 e. The third-order valence-corrected chi connectivity index (χ3v) is 4.99. The minimum absolute atomic E-state index is 0.0360. The molecule has 0 aromatic heterocycles. The van der Waals surface area contributed by atoms with Gasteiger partial charge in [-0.25, -0.2) is 4.39 Å². The van der Waals surface area contributed by atoms with E-state index in [1.165, 1.54) is 17.8 Å². The number of halogens is 1. The van der Waals surface area contributed by atoms with Crippen molar-refractivity contribution >= 4 is 17.7 Å². The lowest BCUT2D eigenvalue weighted by molar-refractivity contribution is -0.119. The second-order valence-corrected chi connectivity index (χ2v) is 6.83. The molecule has 0 bridgehead atoms. The zero-order valence-corrected chi connectivity index (χ0v) is 15.7. The first-order valence-electron chi connectivity index (χ1n) is 8.30. The van der Waals surface area contributed by atoms with Crippen LogP contribution < -0.4 is 10.1 Å². The topological polar surface area (TPSA) is 38.3 Å². The van der Waals surface area contributed by atoms with Crippen molar-refractivity contribution < 1.29 is 13.9 Å². The van der Waals surface area contributed by atoms with E-state index in [1.54, 1.807) is 25.3 Å². The average Bonchev–Trinajstić information content (AvgIpc) is 2.61. The van der Waals surface area contributed by atoms with Gasteiger partial charge in [-0.1, -0.05) is 37.3 Å². The van der Waals surface area contributed by atoms with Gasteiger partial charge in [-0.05, 0) is 42.2 Å². The quantitative estimate of drug-likeness (QED) is 0.744. The molecule has 1 atom stereocenters. The third kappa shape index (κ3) is 5.49. The van der Waals surface area contributed by atoms with Crippen molar-refractivity contribution in [2.45, 2.75) is 32.1 Å². The Labute approximate surface area is 153 Å². The molecule has 1 N–H and O–H groups in total. The Morgan fingerprint density at radius 2 is 2.04 bits per heavy atom. The number of thioether (sulfide) groups is 1. The number of amides is 1. The largest absolute Gasteiger partial charge is 0.496 e. The van der Waals surface area contributed by atoms with Gasteiger partial charge in [0.25, 0.3) is 0 Å². The van der Waals surface area contributed by atoms with Gasteiger partial charge in [0.2, 0.25) is 5.91 Å². The van der Waals surface area contributed by atoms with Crippen LogP contribution in [0.4, 0.5) is 4.39 Å². The fourth-order valence-corrected chi connectivity index (χ4v) is 3.47. The zero-order chi connectivity index (χ0) is 18.2. The molecule has 1 amide bonds. The molecule has 0 aliphatic heterocycles. The molecular weight excluding hydrogens is 337 g/mol. The van der Waals surface area contributed by atoms with Crippen molar-refractivity contribution in [2.24, 2.45) is 0 Å². The molecule has 0 unspecified atom stereocenters. The van der Waals surface area contributed by atoms with Gasteiger partial charge in [0.15, 0.2) is 0 Å². The highest BCUT2D eigenvalue weighted by Crippen LogP contribution is 2.24. The van der Waals surface area contributed by atoms with Crippen LogP contribution in [0.3, 0.4) is 0 Å². The maximum absolute atomic E-state index is 13.6. The molecule has 3 nitrogen and oxygen atoms in total. The minimum atomic E-state index is -0.226. The van der Waals surface area contributed by atoms with Gasteiger partial charge >= 0.3 is 0 Å². The van der Waals surface area contributed by atoms with E-state index in [-0.39, 0.29) is 17.8 Å². The number of carbonyl (C=O) groups excluding carboxylic acids is 1. The number of benzene rings is 2. The number of carbonyl (C=O) groups is 1. The molecule has 2 aromatic carbocycles. The van der Waals surface area contributed by atoms with E-state index in [1.807, 2.05) is 32.0 Å². The van der Waals surface area contributed by atoms with Crippen molar-refractivity contribution in [1.29, 1.82) is 0 Å². The van der Waals surface area contributed by atoms with Crippen molar-refractivity contribution in [3.63, 3.8) is 0 Å². The summed E-state index contributed by atoms with van der Waals surface area (Å²) in [5.74, 6) is 1.36. The molecule has 0 aliphatic carbocycles. The summed E-state index contributed by atoms with van der Waals surface area (Å²) >= 11 is 1.41. The lowest BCUT2D eigenvalue weighted by atomic mass is 10.0. The summed E-state index contributed by atoms with van der Waals surface area (Å²) in [6, 6.07) is 12.6. The standard InChI is InChI=1S/C20H24FNO2S/c1-4-18(15-9-10-19(24-3)14(2)11-15)22-20(23)13-25-12-16-7-5-6-8-17(16)21/h5-11,18H,4,12-13H2,1-3H3,(H,22,23)/t18-/m1/s1. The smallest absolute Gasteiger partial charge is 0.230 e. The first-order valence-corrected chi connectivity index (χ1v) is 9.45. The van der Waals surface area contributed by atoms with E-state index >= 15 is 0 Å². The van der Waals surface area contributed by atoms with Crippen LogP contribution in [0, 0.1) is 12.7 Å². The van der Waals surface area contributed by atoms with Gasteiger partial charge in [-0.3, -0.25) is 4.79 Å². The maximum Gasteiger partial charge on any atom is 0.230 e. The van der Waals surface area contributed by atoms with Gasteiger partial charge < -0.3 is 10.1 Å². The fourth-order valence-electron chi connectivity index (χ4n) is 2.64. The Bertz CT molecular complexity index is 721. The van der Waals surface area contributed by atoms with Crippen molar-refractivity contribution in [3.05, 3.63) is 65.0 Å². The number of ether oxygens (including phenoxy) is 1. The van der Waals surface area contributed by atoms with Gasteiger partial charge in [-0.2, -0.15) is 0 Å². The zero-order valence-electron chi connectivity index (χ0n) is 14.8. The van der Waals surface area contributed by atoms with Crippen LogP contribution in [-0.4, -0.2) is 18.8 Å². The van der Waals surface area contributed by atoms with Crippen LogP contribution >= 0.6 is 11.8 Å². The molecule has 0 heterocycles. The predicted molar refractivity (Wildman–Crippen MR) is 101 cm³/mol. The Hall–Kier alpha value is -2.01. The van der Waals surface area contributed by atoms with E-state index in [0.29, 0.717) is 17.1 Å². The SMILES string of the molecule is CC[C@@H](NC(=O)CSCc1ccccc1F)c1ccc(OC)c(C)c1. The molecule has 0 radical (unpaired) electrons. The number of hydrogen-bond donors (Lipinski definition) is 1. The van der Waals surface area contributed by atoms with E-state index < -0.39 is 0 Å². The highest BCUT2D eigenvalue weighted by Gasteiger charge is 2.14. The molecule has 0 saturated heterocycles. The van der Waals surface area contributed by atoms with E-state index in [0.717, 1.165) is 23.3 Å². The fraction of sp³-hybridized carbons (Fsp3) is 0.350. The number of aryl methyl sites for hydroxylation is 1. The van der Waals surface area contributed by atoms with Crippen molar-refractivity contribution in [3.8, 4) is 5.75 Å². The molecule has 0 saturated carbocycles. The van der Waals surface area contributed by atoms with Gasteiger partial charge in [0.1, 0.15) is 11.6 Å². The van der Waals surface area contributed by atoms with E-state index in [9.17, 15) is 9.18 Å². The molecule has 0 spiro atoms. The summed E-state index contributed by atoms with van der Waals surface area (Å²) < 4.78 is 18.9. The Morgan fingerprint density at radius 3 is 2.68 bits per heavy atom. The summed E-state index contributed by atoms with van der Waals surface area (Å²) in [6.07, 6.45) is 0.801. The van der Waals surface area contributed by atoms with E-state index in [4.69, 9.17) is 4.74 Å². The monoisotopic (exact) mass is 361 g/mol. The highest BCUT2D eigenvalue weighted by atomic mass is 32.2. The second-order valence-electron chi connectivity index (χ2n) is 5.84. The Balaban J connectivity index is 1.89. The van der Waals surface area contributed by atoms with Crippen LogP contribution in [0.25, 0.3) is 0 Å². The van der Waals surface area contributed by atoms with Crippen LogP contribution in [0.2, 0.25) is 0 Å². The molecule has 25 heavy (non-hydrogen) atoms. The number of methoxy groups -OCH3 is 1. The maximum atomic E-state index is 13.6. The molecule has 0 aliphatic rings. The van der Waals surface area contributed by atoms with Gasteiger partial charge in [0.05, 0.1) is 18.9 Å². The first kappa shape index (κ1) is 19.3. The number of nitrogens with one attached hydrogen (secondary N) is 1. The normalized spacial score (nSPS) is 11.8. The summed E-state index contributed by atoms with van der Waals surface area (Å²) in [4.78, 5) is 12.2. The predicted octanol–water partition coefficient (Wildman–Crippen LogP) is 4.64. The van der Waals surface area contributed by atoms with Crippen LogP contribution in [-0.2, 0) is 10.5 Å². The number of hydrogen-bond acceptors (Lipinski definition) is 3. The highest BCUT2D eigenvalue weighted by molar-refractivity contribution is 7.99. The molecular formula is C20H24FNO2S. The van der Waals surface area contributed by atoms with Crippen molar-refractivity contribution in [2.75, 3.05) is 12.9 Å². The van der Waals surface area contributed by atoms with Crippen LogP contribution in [0.15, 0.2) is 42.5 Å². The molecule has 134 valence electrons. The summed E-state index contributed by atoms with van der Waals surface area (Å²) in [5, 5.41) is 3.05. The van der Waals surface area contributed by atoms with Crippen LogP contribution in [0.5, 0.6) is 5.75 Å². The summed E-state index contributed by atoms with van der Waals surface area (Å²) in [5.41, 5.74) is 2.73. The summed E-state index contributed by atoms with van der Waals surface area (Å²) in [6.45, 7) is 4.03. The summed E-state index contributed by atoms with van der Waals surface area (Å²) in [7, 11) is 1.65. The second kappa shape index (κ2) is 9.47. The number of rotatable bonds is 8. The lowest BCUT2D eigenvalue weighted by Crippen LogP contribution is -2.29. The lowest BCUT2D eigenvalue weighted by Gasteiger charge is -2.19. The first-order chi connectivity index (χ1) is 12.0. The molecule has 2 aromatic rings. The third-order valence-electron chi connectivity index (χ3n) is 4.01.